The summed E-state index contributed by atoms with van der Waals surface area (Å²) in [6.07, 6.45) is 0. The van der Waals surface area contributed by atoms with Gasteiger partial charge in [0.1, 0.15) is 0 Å². The number of nitriles is 1. The first-order chi connectivity index (χ1) is 22.8. The molecule has 0 saturated carbocycles. The zero-order valence-electron chi connectivity index (χ0n) is 25.2. The van der Waals surface area contributed by atoms with Crippen molar-refractivity contribution in [3.05, 3.63) is 188 Å². The van der Waals surface area contributed by atoms with Gasteiger partial charge in [0.15, 0.2) is 8.07 Å². The average molecular weight is 603 g/mol. The first kappa shape index (κ1) is 27.6. The molecule has 7 aromatic carbocycles. The van der Waals surface area contributed by atoms with Crippen LogP contribution in [-0.2, 0) is 0 Å². The molecule has 0 saturated heterocycles. The van der Waals surface area contributed by atoms with E-state index in [1.807, 2.05) is 12.1 Å². The van der Waals surface area contributed by atoms with E-state index in [0.29, 0.717) is 5.56 Å². The Morgan fingerprint density at radius 2 is 0.783 bits per heavy atom. The van der Waals surface area contributed by atoms with Crippen LogP contribution in [0, 0.1) is 11.3 Å². The lowest BCUT2D eigenvalue weighted by atomic mass is 10.1. The third-order valence-corrected chi connectivity index (χ3v) is 14.0. The molecule has 2 nitrogen and oxygen atoms in total. The second-order valence-electron chi connectivity index (χ2n) is 11.7. The molecule has 0 aliphatic heterocycles. The highest BCUT2D eigenvalue weighted by Crippen LogP contribution is 2.32. The molecular weight excluding hydrogens is 573 g/mol. The SMILES string of the molecule is N#Cc1ccc([Si](c2ccccc2)(c2ccccc2)c2ccc(-c3ccc(-n4c5ccccc5c5ccccc54)cc3)cc2)cc1. The van der Waals surface area contributed by atoms with Gasteiger partial charge in [-0.15, -0.1) is 0 Å². The number of para-hydroxylation sites is 2. The van der Waals surface area contributed by atoms with Gasteiger partial charge in [0.25, 0.3) is 0 Å². The minimum absolute atomic E-state index is 0.674. The third kappa shape index (κ3) is 4.47. The maximum absolute atomic E-state index is 9.55. The second-order valence-corrected chi connectivity index (χ2v) is 15.5. The van der Waals surface area contributed by atoms with Crippen molar-refractivity contribution in [1.82, 2.24) is 4.57 Å². The normalized spacial score (nSPS) is 11.5. The summed E-state index contributed by atoms with van der Waals surface area (Å²) in [6, 6.07) is 67.6. The molecular formula is C43H30N2Si. The summed E-state index contributed by atoms with van der Waals surface area (Å²) in [4.78, 5) is 0. The number of hydrogen-bond donors (Lipinski definition) is 0. The van der Waals surface area contributed by atoms with Crippen LogP contribution in [0.25, 0.3) is 38.6 Å². The minimum atomic E-state index is -2.67. The third-order valence-electron chi connectivity index (χ3n) is 9.22. The number of rotatable bonds is 6. The van der Waals surface area contributed by atoms with Gasteiger partial charge in [0, 0.05) is 16.5 Å². The van der Waals surface area contributed by atoms with Crippen molar-refractivity contribution in [2.45, 2.75) is 0 Å². The van der Waals surface area contributed by atoms with Crippen molar-refractivity contribution in [2.24, 2.45) is 0 Å². The van der Waals surface area contributed by atoms with E-state index in [9.17, 15) is 5.26 Å². The lowest BCUT2D eigenvalue weighted by Crippen LogP contribution is -2.74. The van der Waals surface area contributed by atoms with Gasteiger partial charge in [0.2, 0.25) is 0 Å². The highest BCUT2D eigenvalue weighted by molar-refractivity contribution is 7.19. The van der Waals surface area contributed by atoms with Crippen molar-refractivity contribution >= 4 is 50.6 Å². The van der Waals surface area contributed by atoms with Crippen molar-refractivity contribution in [2.75, 3.05) is 0 Å². The Morgan fingerprint density at radius 3 is 1.26 bits per heavy atom. The van der Waals surface area contributed by atoms with Gasteiger partial charge in [-0.2, -0.15) is 5.26 Å². The molecule has 0 spiro atoms. The number of benzene rings is 7. The van der Waals surface area contributed by atoms with E-state index in [-0.39, 0.29) is 0 Å². The van der Waals surface area contributed by atoms with Gasteiger partial charge in [-0.25, -0.2) is 0 Å². The van der Waals surface area contributed by atoms with E-state index >= 15 is 0 Å². The summed E-state index contributed by atoms with van der Waals surface area (Å²) >= 11 is 0. The zero-order valence-corrected chi connectivity index (χ0v) is 26.2. The Kier molecular flexibility index (Phi) is 6.91. The summed E-state index contributed by atoms with van der Waals surface area (Å²) < 4.78 is 2.36. The molecule has 46 heavy (non-hydrogen) atoms. The molecule has 216 valence electrons. The van der Waals surface area contributed by atoms with Crippen molar-refractivity contribution in [3.8, 4) is 22.9 Å². The van der Waals surface area contributed by atoms with E-state index in [0.717, 1.165) is 5.69 Å². The predicted molar refractivity (Wildman–Crippen MR) is 195 cm³/mol. The molecule has 0 aliphatic rings. The van der Waals surface area contributed by atoms with Crippen LogP contribution in [0.3, 0.4) is 0 Å². The lowest BCUT2D eigenvalue weighted by molar-refractivity contribution is 1.18. The van der Waals surface area contributed by atoms with E-state index in [1.54, 1.807) is 0 Å². The fourth-order valence-corrected chi connectivity index (χ4v) is 11.8. The molecule has 8 aromatic rings. The van der Waals surface area contributed by atoms with Crippen LogP contribution in [0.2, 0.25) is 0 Å². The Morgan fingerprint density at radius 1 is 0.391 bits per heavy atom. The van der Waals surface area contributed by atoms with Crippen LogP contribution in [0.4, 0.5) is 0 Å². The summed E-state index contributed by atoms with van der Waals surface area (Å²) in [5, 5.41) is 17.3. The fraction of sp³-hybridized carbons (Fsp3) is 0. The molecule has 0 amide bonds. The highest BCUT2D eigenvalue weighted by Gasteiger charge is 2.41. The van der Waals surface area contributed by atoms with Crippen molar-refractivity contribution in [1.29, 1.82) is 5.26 Å². The average Bonchev–Trinajstić information content (AvgIpc) is 3.48. The van der Waals surface area contributed by atoms with E-state index in [4.69, 9.17) is 0 Å². The Labute approximate surface area is 270 Å². The van der Waals surface area contributed by atoms with E-state index in [1.165, 1.54) is 53.7 Å². The van der Waals surface area contributed by atoms with Gasteiger partial charge in [-0.3, -0.25) is 0 Å². The van der Waals surface area contributed by atoms with Gasteiger partial charge in [-0.05, 0) is 68.3 Å². The maximum Gasteiger partial charge on any atom is 0.179 e. The summed E-state index contributed by atoms with van der Waals surface area (Å²) in [5.41, 5.74) is 6.62. The lowest BCUT2D eigenvalue weighted by Gasteiger charge is -2.34. The summed E-state index contributed by atoms with van der Waals surface area (Å²) in [7, 11) is -2.67. The van der Waals surface area contributed by atoms with Crippen LogP contribution in [0.5, 0.6) is 0 Å². The monoisotopic (exact) mass is 602 g/mol. The van der Waals surface area contributed by atoms with E-state index in [2.05, 4.69) is 180 Å². The molecule has 0 aliphatic carbocycles. The molecule has 1 heterocycles. The first-order valence-corrected chi connectivity index (χ1v) is 17.6. The Hall–Kier alpha value is -5.95. The highest BCUT2D eigenvalue weighted by atomic mass is 28.3. The molecule has 0 atom stereocenters. The first-order valence-electron chi connectivity index (χ1n) is 15.6. The number of fused-ring (bicyclic) bond motifs is 3. The second kappa shape index (κ2) is 11.5. The number of hydrogen-bond acceptors (Lipinski definition) is 1. The predicted octanol–water partition coefficient (Wildman–Crippen LogP) is 7.70. The maximum atomic E-state index is 9.55. The molecule has 1 aromatic heterocycles. The summed E-state index contributed by atoms with van der Waals surface area (Å²) in [6.45, 7) is 0. The largest absolute Gasteiger partial charge is 0.309 e. The zero-order chi connectivity index (χ0) is 30.9. The number of nitrogens with zero attached hydrogens (tertiary/aromatic N) is 2. The Bertz CT molecular complexity index is 2240. The number of aromatic nitrogens is 1. The van der Waals surface area contributed by atoms with Crippen LogP contribution in [0.15, 0.2) is 182 Å². The van der Waals surface area contributed by atoms with Gasteiger partial charge >= 0.3 is 0 Å². The molecule has 8 rings (SSSR count). The Balaban J connectivity index is 1.23. The molecule has 0 N–H and O–H groups in total. The van der Waals surface area contributed by atoms with Crippen molar-refractivity contribution < 1.29 is 0 Å². The smallest absolute Gasteiger partial charge is 0.179 e. The van der Waals surface area contributed by atoms with Crippen molar-refractivity contribution in [3.63, 3.8) is 0 Å². The molecule has 0 unspecified atom stereocenters. The van der Waals surface area contributed by atoms with Crippen LogP contribution < -0.4 is 20.7 Å². The molecule has 3 heteroatoms. The molecule has 0 bridgehead atoms. The standard InChI is InChI=1S/C43H30N2Si/c44-31-32-19-27-38(28-20-32)46(36-11-3-1-4-12-36,37-13-5-2-6-14-37)39-29-23-34(24-30-39)33-21-25-35(26-22-33)45-42-17-9-7-15-40(42)41-16-8-10-18-43(41)45/h1-30H. The quantitative estimate of drug-likeness (QED) is 0.142. The van der Waals surface area contributed by atoms with Gasteiger partial charge in [-0.1, -0.05) is 146 Å². The van der Waals surface area contributed by atoms with E-state index < -0.39 is 8.07 Å². The molecule has 0 radical (unpaired) electrons. The fourth-order valence-electron chi connectivity index (χ4n) is 7.09. The molecule has 0 fully saturated rings. The topological polar surface area (TPSA) is 28.7 Å². The van der Waals surface area contributed by atoms with Gasteiger partial charge < -0.3 is 4.57 Å². The van der Waals surface area contributed by atoms with Crippen LogP contribution in [-0.4, -0.2) is 12.6 Å². The minimum Gasteiger partial charge on any atom is -0.309 e. The van der Waals surface area contributed by atoms with Crippen LogP contribution >= 0.6 is 0 Å². The van der Waals surface area contributed by atoms with Crippen LogP contribution in [0.1, 0.15) is 5.56 Å². The summed E-state index contributed by atoms with van der Waals surface area (Å²) in [5.74, 6) is 0. The van der Waals surface area contributed by atoms with Gasteiger partial charge in [0.05, 0.1) is 22.7 Å².